The molecule has 2 nitrogen and oxygen atoms in total. The molecule has 0 atom stereocenters. The smallest absolute Gasteiger partial charge is 0.128 e. The van der Waals surface area contributed by atoms with E-state index >= 15 is 0 Å². The Balaban J connectivity index is 2.37. The highest BCUT2D eigenvalue weighted by Gasteiger charge is 2.15. The van der Waals surface area contributed by atoms with Crippen molar-refractivity contribution in [2.75, 3.05) is 5.88 Å². The predicted molar refractivity (Wildman–Crippen MR) is 84.9 cm³/mol. The highest BCUT2D eigenvalue weighted by Crippen LogP contribution is 2.27. The zero-order chi connectivity index (χ0) is 15.0. The van der Waals surface area contributed by atoms with Crippen molar-refractivity contribution in [1.82, 2.24) is 9.55 Å². The number of nitrogens with zero attached hydrogens (tertiary/aromatic N) is 2. The van der Waals surface area contributed by atoms with Crippen molar-refractivity contribution < 1.29 is 4.39 Å². The molecule has 1 aromatic heterocycles. The molecule has 3 rings (SSSR count). The molecular formula is C17H16ClFN2. The molecule has 0 aliphatic rings. The average Bonchev–Trinajstić information content (AvgIpc) is 2.82. The quantitative estimate of drug-likeness (QED) is 0.648. The lowest BCUT2D eigenvalue weighted by Crippen LogP contribution is -2.05. The van der Waals surface area contributed by atoms with Crippen LogP contribution in [0.3, 0.4) is 0 Å². The fraction of sp³-hybridized carbons (Fsp3) is 0.235. The molecule has 4 heteroatoms. The summed E-state index contributed by atoms with van der Waals surface area (Å²) in [6.45, 7) is 3.82. The van der Waals surface area contributed by atoms with Crippen LogP contribution in [-0.2, 0) is 6.42 Å². The molecular weight excluding hydrogens is 287 g/mol. The molecule has 0 aliphatic heterocycles. The van der Waals surface area contributed by atoms with Crippen LogP contribution in [0.15, 0.2) is 36.4 Å². The maximum atomic E-state index is 13.9. The maximum absolute atomic E-state index is 13.9. The Labute approximate surface area is 128 Å². The number of alkyl halides is 1. The standard InChI is InChI=1S/C17H16ClFN2/c1-11-5-3-8-15-17(11)20-16(9-10-18)21(15)14-7-4-6-13(19)12(14)2/h3-8H,9-10H2,1-2H3. The molecule has 0 spiro atoms. The number of aromatic nitrogens is 2. The normalized spacial score (nSPS) is 11.2. The molecule has 3 aromatic rings. The van der Waals surface area contributed by atoms with Crippen molar-refractivity contribution in [3.05, 3.63) is 59.2 Å². The monoisotopic (exact) mass is 302 g/mol. The van der Waals surface area contributed by atoms with E-state index in [2.05, 4.69) is 0 Å². The van der Waals surface area contributed by atoms with Gasteiger partial charge in [0.25, 0.3) is 0 Å². The van der Waals surface area contributed by atoms with Gasteiger partial charge in [0.1, 0.15) is 11.6 Å². The van der Waals surface area contributed by atoms with Gasteiger partial charge in [-0.1, -0.05) is 18.2 Å². The second-order valence-corrected chi connectivity index (χ2v) is 5.51. The summed E-state index contributed by atoms with van der Waals surface area (Å²) in [5.74, 6) is 1.14. The third-order valence-corrected chi connectivity index (χ3v) is 3.94. The first-order chi connectivity index (χ1) is 10.1. The number of rotatable bonds is 3. The summed E-state index contributed by atoms with van der Waals surface area (Å²) in [5.41, 5.74) is 4.48. The Kier molecular flexibility index (Phi) is 3.68. The summed E-state index contributed by atoms with van der Waals surface area (Å²) in [5, 5.41) is 0. The second kappa shape index (κ2) is 5.49. The Morgan fingerprint density at radius 3 is 2.67 bits per heavy atom. The van der Waals surface area contributed by atoms with E-state index < -0.39 is 0 Å². The van der Waals surface area contributed by atoms with Crippen molar-refractivity contribution in [3.63, 3.8) is 0 Å². The third-order valence-electron chi connectivity index (χ3n) is 3.75. The van der Waals surface area contributed by atoms with E-state index in [0.717, 1.165) is 28.1 Å². The first kappa shape index (κ1) is 14.1. The first-order valence-corrected chi connectivity index (χ1v) is 7.45. The number of para-hydroxylation sites is 1. The zero-order valence-electron chi connectivity index (χ0n) is 12.0. The first-order valence-electron chi connectivity index (χ1n) is 6.92. The molecule has 2 aromatic carbocycles. The van der Waals surface area contributed by atoms with E-state index in [1.54, 1.807) is 13.0 Å². The minimum absolute atomic E-state index is 0.209. The minimum atomic E-state index is -0.209. The van der Waals surface area contributed by atoms with Crippen molar-refractivity contribution in [2.24, 2.45) is 0 Å². The highest BCUT2D eigenvalue weighted by molar-refractivity contribution is 6.17. The molecule has 0 unspecified atom stereocenters. The molecule has 0 saturated heterocycles. The SMILES string of the molecule is Cc1c(F)cccc1-n1c(CCCl)nc2c(C)cccc21. The lowest BCUT2D eigenvalue weighted by atomic mass is 10.1. The van der Waals surface area contributed by atoms with Gasteiger partial charge >= 0.3 is 0 Å². The molecule has 108 valence electrons. The summed E-state index contributed by atoms with van der Waals surface area (Å²) >= 11 is 5.91. The van der Waals surface area contributed by atoms with Crippen molar-refractivity contribution in [3.8, 4) is 5.69 Å². The van der Waals surface area contributed by atoms with E-state index in [1.165, 1.54) is 6.07 Å². The van der Waals surface area contributed by atoms with Crippen LogP contribution in [0.1, 0.15) is 17.0 Å². The summed E-state index contributed by atoms with van der Waals surface area (Å²) in [4.78, 5) is 4.71. The Morgan fingerprint density at radius 2 is 1.90 bits per heavy atom. The maximum Gasteiger partial charge on any atom is 0.128 e. The Hall–Kier alpha value is -1.87. The number of hydrogen-bond donors (Lipinski definition) is 0. The van der Waals surface area contributed by atoms with Gasteiger partial charge < -0.3 is 0 Å². The van der Waals surface area contributed by atoms with E-state index in [0.29, 0.717) is 17.9 Å². The van der Waals surface area contributed by atoms with Gasteiger partial charge in [0.05, 0.1) is 16.7 Å². The minimum Gasteiger partial charge on any atom is -0.296 e. The molecule has 0 fully saturated rings. The molecule has 21 heavy (non-hydrogen) atoms. The van der Waals surface area contributed by atoms with Crippen LogP contribution in [0.25, 0.3) is 16.7 Å². The van der Waals surface area contributed by atoms with Gasteiger partial charge in [-0.05, 0) is 37.6 Å². The van der Waals surface area contributed by atoms with Crippen LogP contribution < -0.4 is 0 Å². The van der Waals surface area contributed by atoms with E-state index in [4.69, 9.17) is 16.6 Å². The van der Waals surface area contributed by atoms with E-state index in [1.807, 2.05) is 35.8 Å². The van der Waals surface area contributed by atoms with Gasteiger partial charge in [0.2, 0.25) is 0 Å². The van der Waals surface area contributed by atoms with Crippen LogP contribution in [0.5, 0.6) is 0 Å². The molecule has 0 amide bonds. The summed E-state index contributed by atoms with van der Waals surface area (Å²) in [7, 11) is 0. The van der Waals surface area contributed by atoms with E-state index in [-0.39, 0.29) is 5.82 Å². The number of hydrogen-bond acceptors (Lipinski definition) is 1. The molecule has 0 radical (unpaired) electrons. The Bertz CT molecular complexity index is 808. The predicted octanol–water partition coefficient (Wildman–Crippen LogP) is 4.56. The van der Waals surface area contributed by atoms with Gasteiger partial charge in [0.15, 0.2) is 0 Å². The second-order valence-electron chi connectivity index (χ2n) is 5.13. The molecule has 0 saturated carbocycles. The van der Waals surface area contributed by atoms with Crippen LogP contribution in [0.4, 0.5) is 4.39 Å². The Morgan fingerprint density at radius 1 is 1.14 bits per heavy atom. The summed E-state index contributed by atoms with van der Waals surface area (Å²) < 4.78 is 15.9. The van der Waals surface area contributed by atoms with Crippen LogP contribution >= 0.6 is 11.6 Å². The van der Waals surface area contributed by atoms with Crippen LogP contribution in [0.2, 0.25) is 0 Å². The third kappa shape index (κ3) is 2.32. The van der Waals surface area contributed by atoms with Gasteiger partial charge in [-0.25, -0.2) is 9.37 Å². The summed E-state index contributed by atoms with van der Waals surface area (Å²) in [6, 6.07) is 11.2. The van der Waals surface area contributed by atoms with Gasteiger partial charge in [0, 0.05) is 17.9 Å². The van der Waals surface area contributed by atoms with E-state index in [9.17, 15) is 4.39 Å². The average molecular weight is 303 g/mol. The molecule has 1 heterocycles. The highest BCUT2D eigenvalue weighted by atomic mass is 35.5. The van der Waals surface area contributed by atoms with Crippen LogP contribution in [-0.4, -0.2) is 15.4 Å². The molecule has 0 aliphatic carbocycles. The fourth-order valence-electron chi connectivity index (χ4n) is 2.65. The lowest BCUT2D eigenvalue weighted by molar-refractivity contribution is 0.616. The molecule has 0 N–H and O–H groups in total. The van der Waals surface area contributed by atoms with Gasteiger partial charge in [-0.2, -0.15) is 0 Å². The summed E-state index contributed by atoms with van der Waals surface area (Å²) in [6.07, 6.45) is 0.644. The van der Waals surface area contributed by atoms with Crippen molar-refractivity contribution in [2.45, 2.75) is 20.3 Å². The fourth-order valence-corrected chi connectivity index (χ4v) is 2.82. The van der Waals surface area contributed by atoms with Crippen molar-refractivity contribution in [1.29, 1.82) is 0 Å². The lowest BCUT2D eigenvalue weighted by Gasteiger charge is -2.12. The number of aryl methyl sites for hydroxylation is 2. The van der Waals surface area contributed by atoms with Crippen LogP contribution in [0, 0.1) is 19.7 Å². The number of imidazole rings is 1. The van der Waals surface area contributed by atoms with Crippen molar-refractivity contribution >= 4 is 22.6 Å². The van der Waals surface area contributed by atoms with Gasteiger partial charge in [-0.3, -0.25) is 4.57 Å². The number of benzene rings is 2. The van der Waals surface area contributed by atoms with Gasteiger partial charge in [-0.15, -0.1) is 11.6 Å². The topological polar surface area (TPSA) is 17.8 Å². The number of halogens is 2. The largest absolute Gasteiger partial charge is 0.296 e. The molecule has 0 bridgehead atoms. The number of fused-ring (bicyclic) bond motifs is 1. The zero-order valence-corrected chi connectivity index (χ0v) is 12.8.